The van der Waals surface area contributed by atoms with Gasteiger partial charge in [-0.25, -0.2) is 4.79 Å². The first-order valence-electron chi connectivity index (χ1n) is 7.39. The van der Waals surface area contributed by atoms with Gasteiger partial charge >= 0.3 is 5.97 Å². The monoisotopic (exact) mass is 437 g/mol. The molecule has 3 rings (SSSR count). The molecule has 0 aliphatic rings. The molecular weight excluding hydrogens is 426 g/mol. The maximum absolute atomic E-state index is 12.4. The Morgan fingerprint density at radius 3 is 2.58 bits per heavy atom. The van der Waals surface area contributed by atoms with Gasteiger partial charge in [-0.05, 0) is 17.7 Å². The highest BCUT2D eigenvalue weighted by molar-refractivity contribution is 9.10. The lowest BCUT2D eigenvalue weighted by molar-refractivity contribution is 0.0685. The van der Waals surface area contributed by atoms with Crippen LogP contribution in [-0.2, 0) is 13.6 Å². The number of hydrogen-bond acceptors (Lipinski definition) is 4. The number of carbonyl (C=O) groups excluding carboxylic acids is 1. The molecule has 0 bridgehead atoms. The highest BCUT2D eigenvalue weighted by atomic mass is 79.9. The summed E-state index contributed by atoms with van der Waals surface area (Å²) in [5.41, 5.74) is 0.597. The van der Waals surface area contributed by atoms with Gasteiger partial charge in [0.15, 0.2) is 11.5 Å². The van der Waals surface area contributed by atoms with Crippen molar-refractivity contribution in [3.8, 4) is 0 Å². The minimum Gasteiger partial charge on any atom is -0.476 e. The molecule has 2 N–H and O–H groups in total. The zero-order valence-electron chi connectivity index (χ0n) is 13.5. The molecule has 26 heavy (non-hydrogen) atoms. The Labute approximate surface area is 161 Å². The Kier molecular flexibility index (Phi) is 5.10. The number of carbonyl (C=O) groups is 2. The van der Waals surface area contributed by atoms with E-state index in [1.165, 1.54) is 17.9 Å². The van der Waals surface area contributed by atoms with Crippen molar-refractivity contribution in [2.45, 2.75) is 6.54 Å². The van der Waals surface area contributed by atoms with Crippen LogP contribution < -0.4 is 5.32 Å². The molecule has 8 nitrogen and oxygen atoms in total. The molecule has 3 aromatic rings. The first-order valence-corrected chi connectivity index (χ1v) is 8.56. The van der Waals surface area contributed by atoms with Gasteiger partial charge in [0.1, 0.15) is 5.02 Å². The highest BCUT2D eigenvalue weighted by Crippen LogP contribution is 2.21. The van der Waals surface area contributed by atoms with Crippen LogP contribution in [0.1, 0.15) is 26.4 Å². The third kappa shape index (κ3) is 3.94. The summed E-state index contributed by atoms with van der Waals surface area (Å²) in [7, 11) is 1.53. The van der Waals surface area contributed by atoms with Crippen LogP contribution in [0.4, 0.5) is 5.82 Å². The minimum atomic E-state index is -1.29. The highest BCUT2D eigenvalue weighted by Gasteiger charge is 2.22. The number of halogens is 2. The summed E-state index contributed by atoms with van der Waals surface area (Å²) in [6.45, 7) is 0.468. The summed E-state index contributed by atoms with van der Waals surface area (Å²) >= 11 is 9.51. The fourth-order valence-electron chi connectivity index (χ4n) is 2.33. The summed E-state index contributed by atoms with van der Waals surface area (Å²) in [5, 5.41) is 19.9. The maximum Gasteiger partial charge on any atom is 0.357 e. The fourth-order valence-corrected chi connectivity index (χ4v) is 2.79. The predicted octanol–water partition coefficient (Wildman–Crippen LogP) is 3.03. The number of nitrogens with zero attached hydrogens (tertiary/aromatic N) is 4. The number of rotatable bonds is 5. The van der Waals surface area contributed by atoms with Crippen LogP contribution in [0.25, 0.3) is 0 Å². The molecule has 2 heterocycles. The molecule has 0 saturated carbocycles. The topological polar surface area (TPSA) is 102 Å². The van der Waals surface area contributed by atoms with E-state index in [0.29, 0.717) is 6.54 Å². The molecule has 0 aliphatic heterocycles. The van der Waals surface area contributed by atoms with Gasteiger partial charge in [-0.3, -0.25) is 14.2 Å². The van der Waals surface area contributed by atoms with E-state index in [1.54, 1.807) is 10.9 Å². The number of benzene rings is 1. The molecule has 0 aliphatic carbocycles. The molecular formula is C16H13BrClN5O3. The molecule has 10 heteroatoms. The molecule has 134 valence electrons. The zero-order valence-corrected chi connectivity index (χ0v) is 15.8. The van der Waals surface area contributed by atoms with Crippen LogP contribution >= 0.6 is 27.5 Å². The van der Waals surface area contributed by atoms with Gasteiger partial charge in [0, 0.05) is 23.9 Å². The number of carboxylic acids is 1. The molecule has 0 saturated heterocycles. The molecule has 2 aromatic heterocycles. The summed E-state index contributed by atoms with van der Waals surface area (Å²) in [6, 6.07) is 7.71. The Morgan fingerprint density at radius 2 is 1.92 bits per heavy atom. The van der Waals surface area contributed by atoms with Crippen molar-refractivity contribution in [3.05, 3.63) is 63.0 Å². The minimum absolute atomic E-state index is 0.0708. The number of hydrogen-bond donors (Lipinski definition) is 2. The van der Waals surface area contributed by atoms with Crippen molar-refractivity contribution < 1.29 is 14.7 Å². The normalized spacial score (nSPS) is 10.7. The predicted molar refractivity (Wildman–Crippen MR) is 98.6 cm³/mol. The van der Waals surface area contributed by atoms with Gasteiger partial charge in [0.25, 0.3) is 5.91 Å². The van der Waals surface area contributed by atoms with Crippen LogP contribution in [0.5, 0.6) is 0 Å². The summed E-state index contributed by atoms with van der Waals surface area (Å²) < 4.78 is 3.81. The average Bonchev–Trinajstić information content (AvgIpc) is 3.13. The largest absolute Gasteiger partial charge is 0.476 e. The Morgan fingerprint density at radius 1 is 1.23 bits per heavy atom. The third-order valence-corrected chi connectivity index (χ3v) is 4.29. The number of nitrogens with one attached hydrogen (secondary N) is 1. The average molecular weight is 439 g/mol. The Hall–Kier alpha value is -2.65. The zero-order chi connectivity index (χ0) is 18.8. The number of aromatic carboxylic acids is 1. The van der Waals surface area contributed by atoms with Crippen LogP contribution in [0.15, 0.2) is 41.1 Å². The van der Waals surface area contributed by atoms with Crippen molar-refractivity contribution in [2.24, 2.45) is 7.05 Å². The van der Waals surface area contributed by atoms with E-state index in [2.05, 4.69) is 31.4 Å². The fraction of sp³-hybridized carbons (Fsp3) is 0.125. The summed E-state index contributed by atoms with van der Waals surface area (Å²) in [4.78, 5) is 23.6. The summed E-state index contributed by atoms with van der Waals surface area (Å²) in [6.07, 6.45) is 2.91. The quantitative estimate of drug-likeness (QED) is 0.637. The van der Waals surface area contributed by atoms with Crippen LogP contribution in [0.2, 0.25) is 5.02 Å². The number of aryl methyl sites for hydroxylation is 1. The first kappa shape index (κ1) is 18.2. The molecule has 0 spiro atoms. The van der Waals surface area contributed by atoms with E-state index in [4.69, 9.17) is 16.7 Å². The van der Waals surface area contributed by atoms with E-state index in [0.717, 1.165) is 10.0 Å². The van der Waals surface area contributed by atoms with E-state index < -0.39 is 11.9 Å². The molecule has 0 radical (unpaired) electrons. The Balaban J connectivity index is 1.78. The molecule has 1 amide bonds. The molecule has 1 aromatic carbocycles. The standard InChI is InChI=1S/C16H13BrClN5O3/c1-22-7-11(13(20-22)16(25)26)15(24)19-14-12(18)8-23(21-14)6-9-2-4-10(17)5-3-9/h2-5,7-8H,6H2,1H3,(H,25,26)(H,19,21,24). The second-order valence-corrected chi connectivity index (χ2v) is 6.80. The van der Waals surface area contributed by atoms with Gasteiger partial charge in [-0.2, -0.15) is 10.2 Å². The van der Waals surface area contributed by atoms with Crippen molar-refractivity contribution in [1.82, 2.24) is 19.6 Å². The SMILES string of the molecule is Cn1cc(C(=O)Nc2nn(Cc3ccc(Br)cc3)cc2Cl)c(C(=O)O)n1. The Bertz CT molecular complexity index is 980. The van der Waals surface area contributed by atoms with Crippen LogP contribution in [-0.4, -0.2) is 36.5 Å². The smallest absolute Gasteiger partial charge is 0.357 e. The number of anilines is 1. The van der Waals surface area contributed by atoms with Crippen molar-refractivity contribution in [2.75, 3.05) is 5.32 Å². The van der Waals surface area contributed by atoms with Crippen molar-refractivity contribution >= 4 is 45.2 Å². The number of amides is 1. The lowest BCUT2D eigenvalue weighted by Crippen LogP contribution is -2.16. The lowest BCUT2D eigenvalue weighted by Gasteiger charge is -2.03. The number of carboxylic acid groups (broad SMARTS) is 1. The summed E-state index contributed by atoms with van der Waals surface area (Å²) in [5.74, 6) is -1.79. The van der Waals surface area contributed by atoms with Crippen molar-refractivity contribution in [3.63, 3.8) is 0 Å². The third-order valence-electron chi connectivity index (χ3n) is 3.48. The van der Waals surface area contributed by atoms with Crippen LogP contribution in [0.3, 0.4) is 0 Å². The van der Waals surface area contributed by atoms with Gasteiger partial charge in [-0.15, -0.1) is 0 Å². The van der Waals surface area contributed by atoms with E-state index in [9.17, 15) is 9.59 Å². The van der Waals surface area contributed by atoms with E-state index >= 15 is 0 Å². The van der Waals surface area contributed by atoms with Gasteiger partial charge in [-0.1, -0.05) is 39.7 Å². The number of aromatic nitrogens is 4. The lowest BCUT2D eigenvalue weighted by atomic mass is 10.2. The molecule has 0 unspecified atom stereocenters. The second-order valence-electron chi connectivity index (χ2n) is 5.47. The van der Waals surface area contributed by atoms with Crippen molar-refractivity contribution in [1.29, 1.82) is 0 Å². The van der Waals surface area contributed by atoms with Gasteiger partial charge in [0.05, 0.1) is 12.1 Å². The first-order chi connectivity index (χ1) is 12.3. The van der Waals surface area contributed by atoms with Gasteiger partial charge in [0.2, 0.25) is 0 Å². The molecule has 0 atom stereocenters. The second kappa shape index (κ2) is 7.30. The van der Waals surface area contributed by atoms with Gasteiger partial charge < -0.3 is 10.4 Å². The van der Waals surface area contributed by atoms with E-state index in [1.807, 2.05) is 24.3 Å². The van der Waals surface area contributed by atoms with Crippen LogP contribution in [0, 0.1) is 0 Å². The maximum atomic E-state index is 12.4. The van der Waals surface area contributed by atoms with E-state index in [-0.39, 0.29) is 22.1 Å². The molecule has 0 fully saturated rings.